The Morgan fingerprint density at radius 3 is 2.61 bits per heavy atom. The zero-order valence-corrected chi connectivity index (χ0v) is 10.6. The fourth-order valence-electron chi connectivity index (χ4n) is 1.57. The fraction of sp³-hybridized carbons (Fsp3) is 0.429. The molecule has 0 aromatic heterocycles. The topological polar surface area (TPSA) is 59.3 Å². The largest absolute Gasteiger partial charge is 0.468 e. The number of nitriles is 1. The summed E-state index contributed by atoms with van der Waals surface area (Å²) in [6.07, 6.45) is 0. The van der Waals surface area contributed by atoms with Gasteiger partial charge in [0.15, 0.2) is 0 Å². The van der Waals surface area contributed by atoms with Crippen LogP contribution in [-0.2, 0) is 20.9 Å². The van der Waals surface area contributed by atoms with Gasteiger partial charge in [-0.05, 0) is 5.56 Å². The predicted octanol–water partition coefficient (Wildman–Crippen LogP) is 2.15. The summed E-state index contributed by atoms with van der Waals surface area (Å²) in [5, 5.41) is 8.91. The first-order chi connectivity index (χ1) is 8.69. The van der Waals surface area contributed by atoms with Crippen molar-refractivity contribution in [3.8, 4) is 6.07 Å². The van der Waals surface area contributed by atoms with Gasteiger partial charge in [0.05, 0.1) is 26.4 Å². The molecule has 18 heavy (non-hydrogen) atoms. The molecule has 2 atom stereocenters. The van der Waals surface area contributed by atoms with E-state index in [1.54, 1.807) is 6.92 Å². The van der Waals surface area contributed by atoms with Crippen LogP contribution in [0.3, 0.4) is 0 Å². The van der Waals surface area contributed by atoms with Crippen molar-refractivity contribution in [2.45, 2.75) is 13.5 Å². The van der Waals surface area contributed by atoms with E-state index in [1.807, 2.05) is 36.4 Å². The van der Waals surface area contributed by atoms with Crippen LogP contribution in [-0.4, -0.2) is 19.7 Å². The number of hydrogen-bond donors (Lipinski definition) is 0. The van der Waals surface area contributed by atoms with Crippen LogP contribution in [0.1, 0.15) is 12.5 Å². The third-order valence-electron chi connectivity index (χ3n) is 2.66. The summed E-state index contributed by atoms with van der Waals surface area (Å²) in [5.74, 6) is -1.47. The molecular formula is C14H17NO3. The average Bonchev–Trinajstić information content (AvgIpc) is 2.40. The molecule has 0 aliphatic rings. The number of benzene rings is 1. The Balaban J connectivity index is 2.39. The number of nitrogens with zero attached hydrogens (tertiary/aromatic N) is 1. The van der Waals surface area contributed by atoms with Gasteiger partial charge in [-0.3, -0.25) is 4.79 Å². The molecule has 0 radical (unpaired) electrons. The minimum absolute atomic E-state index is 0.189. The van der Waals surface area contributed by atoms with Gasteiger partial charge in [-0.25, -0.2) is 0 Å². The highest BCUT2D eigenvalue weighted by molar-refractivity contribution is 5.75. The zero-order chi connectivity index (χ0) is 13.4. The summed E-state index contributed by atoms with van der Waals surface area (Å²) >= 11 is 0. The molecule has 1 aromatic rings. The van der Waals surface area contributed by atoms with Crippen molar-refractivity contribution in [2.75, 3.05) is 13.7 Å². The van der Waals surface area contributed by atoms with Gasteiger partial charge in [0, 0.05) is 5.92 Å². The molecule has 2 unspecified atom stereocenters. The van der Waals surface area contributed by atoms with Crippen LogP contribution in [0.15, 0.2) is 30.3 Å². The van der Waals surface area contributed by atoms with Crippen LogP contribution >= 0.6 is 0 Å². The van der Waals surface area contributed by atoms with Gasteiger partial charge in [-0.15, -0.1) is 0 Å². The third kappa shape index (κ3) is 4.19. The van der Waals surface area contributed by atoms with Crippen molar-refractivity contribution in [1.82, 2.24) is 0 Å². The normalized spacial score (nSPS) is 13.4. The first-order valence-corrected chi connectivity index (χ1v) is 5.78. The lowest BCUT2D eigenvalue weighted by Crippen LogP contribution is -2.25. The minimum atomic E-state index is -0.772. The molecule has 0 spiro atoms. The van der Waals surface area contributed by atoms with Gasteiger partial charge in [0.2, 0.25) is 0 Å². The molecule has 0 aliphatic heterocycles. The number of ether oxygens (including phenoxy) is 2. The lowest BCUT2D eigenvalue weighted by Gasteiger charge is -2.15. The molecule has 1 rings (SSSR count). The van der Waals surface area contributed by atoms with E-state index in [9.17, 15) is 4.79 Å². The monoisotopic (exact) mass is 247 g/mol. The highest BCUT2D eigenvalue weighted by atomic mass is 16.5. The van der Waals surface area contributed by atoms with Crippen LogP contribution in [0.4, 0.5) is 0 Å². The van der Waals surface area contributed by atoms with E-state index in [0.717, 1.165) is 5.56 Å². The molecule has 4 heteroatoms. The van der Waals surface area contributed by atoms with Crippen LogP contribution < -0.4 is 0 Å². The summed E-state index contributed by atoms with van der Waals surface area (Å²) in [6, 6.07) is 11.7. The van der Waals surface area contributed by atoms with Gasteiger partial charge in [0.25, 0.3) is 0 Å². The lowest BCUT2D eigenvalue weighted by molar-refractivity contribution is -0.145. The number of carbonyl (C=O) groups is 1. The average molecular weight is 247 g/mol. The Hall–Kier alpha value is -1.86. The fourth-order valence-corrected chi connectivity index (χ4v) is 1.57. The first kappa shape index (κ1) is 14.2. The molecule has 0 aliphatic carbocycles. The molecule has 4 nitrogen and oxygen atoms in total. The van der Waals surface area contributed by atoms with Gasteiger partial charge >= 0.3 is 5.97 Å². The van der Waals surface area contributed by atoms with E-state index in [-0.39, 0.29) is 5.92 Å². The zero-order valence-electron chi connectivity index (χ0n) is 10.6. The number of methoxy groups -OCH3 is 1. The van der Waals surface area contributed by atoms with E-state index in [4.69, 9.17) is 10.00 Å². The second-order valence-corrected chi connectivity index (χ2v) is 4.11. The highest BCUT2D eigenvalue weighted by Gasteiger charge is 2.25. The van der Waals surface area contributed by atoms with Crippen molar-refractivity contribution in [2.24, 2.45) is 11.8 Å². The Morgan fingerprint density at radius 2 is 2.06 bits per heavy atom. The Bertz CT molecular complexity index is 411. The molecular weight excluding hydrogens is 230 g/mol. The predicted molar refractivity (Wildman–Crippen MR) is 66.4 cm³/mol. The van der Waals surface area contributed by atoms with Crippen molar-refractivity contribution in [3.63, 3.8) is 0 Å². The molecule has 0 N–H and O–H groups in total. The van der Waals surface area contributed by atoms with Gasteiger partial charge in [0.1, 0.15) is 5.92 Å². The molecule has 0 heterocycles. The molecule has 1 aromatic carbocycles. The van der Waals surface area contributed by atoms with Crippen molar-refractivity contribution in [1.29, 1.82) is 5.26 Å². The molecule has 0 bridgehead atoms. The SMILES string of the molecule is COC(=O)C(C#N)C(C)COCc1ccccc1. The van der Waals surface area contributed by atoms with Gasteiger partial charge in [-0.1, -0.05) is 37.3 Å². The van der Waals surface area contributed by atoms with Crippen molar-refractivity contribution >= 4 is 5.97 Å². The van der Waals surface area contributed by atoms with Crippen molar-refractivity contribution in [3.05, 3.63) is 35.9 Å². The maximum Gasteiger partial charge on any atom is 0.323 e. The quantitative estimate of drug-likeness (QED) is 0.723. The summed E-state index contributed by atoms with van der Waals surface area (Å²) < 4.78 is 10.1. The van der Waals surface area contributed by atoms with Crippen molar-refractivity contribution < 1.29 is 14.3 Å². The number of rotatable bonds is 6. The van der Waals surface area contributed by atoms with E-state index in [0.29, 0.717) is 13.2 Å². The number of hydrogen-bond acceptors (Lipinski definition) is 4. The smallest absolute Gasteiger partial charge is 0.323 e. The Labute approximate surface area is 107 Å². The summed E-state index contributed by atoms with van der Waals surface area (Å²) in [6.45, 7) is 2.63. The van der Waals surface area contributed by atoms with Crippen LogP contribution in [0.25, 0.3) is 0 Å². The van der Waals surface area contributed by atoms with E-state index in [1.165, 1.54) is 7.11 Å². The summed E-state index contributed by atoms with van der Waals surface area (Å²) in [5.41, 5.74) is 1.07. The first-order valence-electron chi connectivity index (χ1n) is 5.78. The Kier molecular flexibility index (Phi) is 5.89. The Morgan fingerprint density at radius 1 is 1.39 bits per heavy atom. The molecule has 0 saturated heterocycles. The van der Waals surface area contributed by atoms with Crippen LogP contribution in [0.2, 0.25) is 0 Å². The molecule has 0 fully saturated rings. The lowest BCUT2D eigenvalue weighted by atomic mass is 9.96. The van der Waals surface area contributed by atoms with Gasteiger partial charge in [-0.2, -0.15) is 5.26 Å². The number of carbonyl (C=O) groups excluding carboxylic acids is 1. The van der Waals surface area contributed by atoms with Crippen LogP contribution in [0, 0.1) is 23.2 Å². The van der Waals surface area contributed by atoms with E-state index < -0.39 is 11.9 Å². The summed E-state index contributed by atoms with van der Waals surface area (Å²) in [7, 11) is 1.28. The minimum Gasteiger partial charge on any atom is -0.468 e. The summed E-state index contributed by atoms with van der Waals surface area (Å²) in [4.78, 5) is 11.3. The second-order valence-electron chi connectivity index (χ2n) is 4.11. The van der Waals surface area contributed by atoms with E-state index >= 15 is 0 Å². The molecule has 0 saturated carbocycles. The third-order valence-corrected chi connectivity index (χ3v) is 2.66. The molecule has 0 amide bonds. The second kappa shape index (κ2) is 7.46. The standard InChI is InChI=1S/C14H17NO3/c1-11(13(8-15)14(16)17-2)9-18-10-12-6-4-3-5-7-12/h3-7,11,13H,9-10H2,1-2H3. The maximum atomic E-state index is 11.3. The van der Waals surface area contributed by atoms with Crippen LogP contribution in [0.5, 0.6) is 0 Å². The van der Waals surface area contributed by atoms with Gasteiger partial charge < -0.3 is 9.47 Å². The number of esters is 1. The van der Waals surface area contributed by atoms with E-state index in [2.05, 4.69) is 4.74 Å². The highest BCUT2D eigenvalue weighted by Crippen LogP contribution is 2.13. The maximum absolute atomic E-state index is 11.3. The molecule has 96 valence electrons.